The third kappa shape index (κ3) is 8.12. The van der Waals surface area contributed by atoms with E-state index in [0.29, 0.717) is 6.42 Å². The monoisotopic (exact) mass is 265 g/mol. The molecule has 1 atom stereocenters. The summed E-state index contributed by atoms with van der Waals surface area (Å²) >= 11 is 0. The molecule has 0 aliphatic carbocycles. The van der Waals surface area contributed by atoms with Crippen LogP contribution in [0.4, 0.5) is 0 Å². The van der Waals surface area contributed by atoms with Gasteiger partial charge in [-0.2, -0.15) is 0 Å². The Morgan fingerprint density at radius 2 is 1.94 bits per heavy atom. The molecule has 0 unspecified atom stereocenters. The summed E-state index contributed by atoms with van der Waals surface area (Å²) in [6, 6.07) is -0.533. The topological polar surface area (TPSA) is 101 Å². The SMILES string of the molecule is CCC[C@H](N)C(=O)NCC(C)(C)NS(C)(=O)=O. The molecule has 0 aromatic heterocycles. The number of hydrogen-bond donors (Lipinski definition) is 3. The summed E-state index contributed by atoms with van der Waals surface area (Å²) in [6.45, 7) is 5.54. The minimum absolute atomic E-state index is 0.205. The fourth-order valence-corrected chi connectivity index (χ4v) is 2.50. The lowest BCUT2D eigenvalue weighted by atomic mass is 10.1. The summed E-state index contributed by atoms with van der Waals surface area (Å²) in [5.41, 5.74) is 4.91. The maximum absolute atomic E-state index is 11.5. The first-order valence-electron chi connectivity index (χ1n) is 5.59. The van der Waals surface area contributed by atoms with Gasteiger partial charge in [0.05, 0.1) is 12.3 Å². The van der Waals surface area contributed by atoms with Gasteiger partial charge in [0.15, 0.2) is 0 Å². The van der Waals surface area contributed by atoms with Gasteiger partial charge in [0.25, 0.3) is 0 Å². The van der Waals surface area contributed by atoms with Gasteiger partial charge in [0.1, 0.15) is 0 Å². The molecule has 1 amide bonds. The maximum atomic E-state index is 11.5. The first-order valence-corrected chi connectivity index (χ1v) is 7.49. The van der Waals surface area contributed by atoms with Crippen molar-refractivity contribution in [1.82, 2.24) is 10.0 Å². The molecule has 0 spiro atoms. The van der Waals surface area contributed by atoms with Crippen molar-refractivity contribution in [1.29, 1.82) is 0 Å². The molecular weight excluding hydrogens is 242 g/mol. The van der Waals surface area contributed by atoms with Crippen LogP contribution < -0.4 is 15.8 Å². The van der Waals surface area contributed by atoms with Crippen molar-refractivity contribution in [3.63, 3.8) is 0 Å². The smallest absolute Gasteiger partial charge is 0.236 e. The second kappa shape index (κ2) is 6.32. The molecule has 0 saturated heterocycles. The fourth-order valence-electron chi connectivity index (χ4n) is 1.42. The van der Waals surface area contributed by atoms with Gasteiger partial charge in [-0.25, -0.2) is 13.1 Å². The zero-order chi connectivity index (χ0) is 13.7. The van der Waals surface area contributed by atoms with Crippen LogP contribution in [0.5, 0.6) is 0 Å². The highest BCUT2D eigenvalue weighted by atomic mass is 32.2. The molecule has 0 fully saturated rings. The van der Waals surface area contributed by atoms with Crippen molar-refractivity contribution in [2.75, 3.05) is 12.8 Å². The van der Waals surface area contributed by atoms with Crippen LogP contribution in [0.3, 0.4) is 0 Å². The summed E-state index contributed by atoms with van der Waals surface area (Å²) in [6.07, 6.45) is 2.53. The predicted molar refractivity (Wildman–Crippen MR) is 68.0 cm³/mol. The van der Waals surface area contributed by atoms with Gasteiger partial charge in [0, 0.05) is 12.1 Å². The van der Waals surface area contributed by atoms with Crippen molar-refractivity contribution in [2.45, 2.75) is 45.2 Å². The van der Waals surface area contributed by atoms with Crippen LogP contribution in [0.1, 0.15) is 33.6 Å². The average Bonchev–Trinajstić information content (AvgIpc) is 2.10. The molecule has 0 bridgehead atoms. The zero-order valence-corrected chi connectivity index (χ0v) is 11.7. The van der Waals surface area contributed by atoms with Gasteiger partial charge >= 0.3 is 0 Å². The standard InChI is InChI=1S/C10H23N3O3S/c1-5-6-8(11)9(14)12-7-10(2,3)13-17(4,15)16/h8,13H,5-7,11H2,1-4H3,(H,12,14)/t8-/m0/s1. The Morgan fingerprint density at radius 1 is 1.41 bits per heavy atom. The number of hydrogen-bond acceptors (Lipinski definition) is 4. The minimum atomic E-state index is -3.29. The van der Waals surface area contributed by atoms with Crippen LogP contribution in [-0.2, 0) is 14.8 Å². The molecule has 0 aliphatic heterocycles. The highest BCUT2D eigenvalue weighted by Gasteiger charge is 2.23. The molecular formula is C10H23N3O3S. The Labute approximate surface area is 103 Å². The summed E-state index contributed by atoms with van der Waals surface area (Å²) in [4.78, 5) is 11.5. The van der Waals surface area contributed by atoms with E-state index in [0.717, 1.165) is 12.7 Å². The van der Waals surface area contributed by atoms with E-state index in [1.54, 1.807) is 13.8 Å². The Hall–Kier alpha value is -0.660. The number of amides is 1. The number of carbonyl (C=O) groups is 1. The molecule has 0 radical (unpaired) electrons. The quantitative estimate of drug-likeness (QED) is 0.580. The first kappa shape index (κ1) is 16.3. The highest BCUT2D eigenvalue weighted by molar-refractivity contribution is 7.88. The normalized spacial score (nSPS) is 14.4. The van der Waals surface area contributed by atoms with Crippen molar-refractivity contribution in [2.24, 2.45) is 5.73 Å². The lowest BCUT2D eigenvalue weighted by Gasteiger charge is -2.26. The molecule has 0 rings (SSSR count). The molecule has 0 saturated carbocycles. The van der Waals surface area contributed by atoms with Crippen LogP contribution in [0.2, 0.25) is 0 Å². The molecule has 0 heterocycles. The molecule has 0 aromatic carbocycles. The van der Waals surface area contributed by atoms with E-state index < -0.39 is 21.6 Å². The van der Waals surface area contributed by atoms with E-state index in [9.17, 15) is 13.2 Å². The van der Waals surface area contributed by atoms with Crippen molar-refractivity contribution in [3.8, 4) is 0 Å². The number of sulfonamides is 1. The van der Waals surface area contributed by atoms with E-state index in [1.165, 1.54) is 0 Å². The Balaban J connectivity index is 4.23. The number of nitrogens with two attached hydrogens (primary N) is 1. The van der Waals surface area contributed by atoms with Gasteiger partial charge in [0.2, 0.25) is 15.9 Å². The number of rotatable bonds is 7. The minimum Gasteiger partial charge on any atom is -0.353 e. The van der Waals surface area contributed by atoms with Crippen LogP contribution in [0, 0.1) is 0 Å². The summed E-state index contributed by atoms with van der Waals surface area (Å²) in [5, 5.41) is 2.64. The summed E-state index contributed by atoms with van der Waals surface area (Å²) in [5.74, 6) is -0.254. The summed E-state index contributed by atoms with van der Waals surface area (Å²) < 4.78 is 24.6. The average molecular weight is 265 g/mol. The fraction of sp³-hybridized carbons (Fsp3) is 0.900. The second-order valence-electron chi connectivity index (χ2n) is 4.87. The first-order chi connectivity index (χ1) is 7.57. The third-order valence-corrected chi connectivity index (χ3v) is 3.03. The van der Waals surface area contributed by atoms with Gasteiger partial charge in [-0.05, 0) is 20.3 Å². The van der Waals surface area contributed by atoms with Crippen molar-refractivity contribution in [3.05, 3.63) is 0 Å². The van der Waals surface area contributed by atoms with Crippen LogP contribution in [0.15, 0.2) is 0 Å². The second-order valence-corrected chi connectivity index (χ2v) is 6.62. The molecule has 0 aromatic rings. The maximum Gasteiger partial charge on any atom is 0.236 e. The Morgan fingerprint density at radius 3 is 2.35 bits per heavy atom. The Bertz CT molecular complexity index is 352. The van der Waals surface area contributed by atoms with Gasteiger partial charge < -0.3 is 11.1 Å². The van der Waals surface area contributed by atoms with Crippen LogP contribution >= 0.6 is 0 Å². The lowest BCUT2D eigenvalue weighted by molar-refractivity contribution is -0.122. The highest BCUT2D eigenvalue weighted by Crippen LogP contribution is 2.02. The predicted octanol–water partition coefficient (Wildman–Crippen LogP) is -0.442. The molecule has 17 heavy (non-hydrogen) atoms. The van der Waals surface area contributed by atoms with Crippen LogP contribution in [0.25, 0.3) is 0 Å². The molecule has 0 aliphatic rings. The van der Waals surface area contributed by atoms with E-state index in [1.807, 2.05) is 6.92 Å². The van der Waals surface area contributed by atoms with Crippen molar-refractivity contribution >= 4 is 15.9 Å². The van der Waals surface area contributed by atoms with E-state index >= 15 is 0 Å². The van der Waals surface area contributed by atoms with E-state index in [4.69, 9.17) is 5.73 Å². The van der Waals surface area contributed by atoms with Gasteiger partial charge in [-0.1, -0.05) is 13.3 Å². The summed E-state index contributed by atoms with van der Waals surface area (Å²) in [7, 11) is -3.29. The van der Waals surface area contributed by atoms with Gasteiger partial charge in [-0.15, -0.1) is 0 Å². The zero-order valence-electron chi connectivity index (χ0n) is 10.9. The molecule has 4 N–H and O–H groups in total. The number of nitrogens with one attached hydrogen (secondary N) is 2. The number of carbonyl (C=O) groups excluding carboxylic acids is 1. The Kier molecular flexibility index (Phi) is 6.08. The van der Waals surface area contributed by atoms with E-state index in [-0.39, 0.29) is 12.5 Å². The molecule has 6 nitrogen and oxygen atoms in total. The largest absolute Gasteiger partial charge is 0.353 e. The van der Waals surface area contributed by atoms with Crippen LogP contribution in [-0.4, -0.2) is 38.7 Å². The molecule has 7 heteroatoms. The molecule has 102 valence electrons. The van der Waals surface area contributed by atoms with E-state index in [2.05, 4.69) is 10.0 Å². The van der Waals surface area contributed by atoms with Gasteiger partial charge in [-0.3, -0.25) is 4.79 Å². The lowest BCUT2D eigenvalue weighted by Crippen LogP contribution is -2.53. The third-order valence-electron chi connectivity index (χ3n) is 2.10. The van der Waals surface area contributed by atoms with Crippen molar-refractivity contribution < 1.29 is 13.2 Å².